The second-order valence-corrected chi connectivity index (χ2v) is 7.70. The zero-order chi connectivity index (χ0) is 19.5. The van der Waals surface area contributed by atoms with E-state index in [4.69, 9.17) is 9.47 Å². The third-order valence-electron chi connectivity index (χ3n) is 5.78. The Hall–Kier alpha value is -2.47. The van der Waals surface area contributed by atoms with E-state index < -0.39 is 0 Å². The number of methoxy groups -OCH3 is 1. The van der Waals surface area contributed by atoms with E-state index in [1.165, 1.54) is 11.1 Å². The zero-order valence-electron chi connectivity index (χ0n) is 16.7. The van der Waals surface area contributed by atoms with Crippen LogP contribution in [0.1, 0.15) is 24.0 Å². The molecule has 150 valence electrons. The number of hydrogen-bond donors (Lipinski definition) is 1. The zero-order valence-corrected chi connectivity index (χ0v) is 16.7. The van der Waals surface area contributed by atoms with E-state index in [1.54, 1.807) is 13.2 Å². The first-order valence-corrected chi connectivity index (χ1v) is 10.1. The van der Waals surface area contributed by atoms with Gasteiger partial charge >= 0.3 is 0 Å². The molecule has 2 saturated heterocycles. The number of morpholine rings is 1. The number of aryl methyl sites for hydroxylation is 1. The topological polar surface area (TPSA) is 57.8 Å². The number of hydrogen-bond acceptors (Lipinski definition) is 5. The highest BCUT2D eigenvalue weighted by Crippen LogP contribution is 2.30. The molecule has 2 aliphatic rings. The minimum Gasteiger partial charge on any atom is -0.496 e. The molecule has 6 nitrogen and oxygen atoms in total. The number of ether oxygens (including phenoxy) is 2. The molecule has 28 heavy (non-hydrogen) atoms. The van der Waals surface area contributed by atoms with Crippen LogP contribution in [0.15, 0.2) is 35.1 Å². The predicted molar refractivity (Wildman–Crippen MR) is 112 cm³/mol. The molecule has 6 heteroatoms. The molecule has 0 unspecified atom stereocenters. The summed E-state index contributed by atoms with van der Waals surface area (Å²) in [5, 5.41) is 0. The van der Waals surface area contributed by atoms with Crippen molar-refractivity contribution >= 4 is 11.5 Å². The average molecular weight is 383 g/mol. The Balaban J connectivity index is 1.58. The van der Waals surface area contributed by atoms with Crippen LogP contribution in [0.2, 0.25) is 0 Å². The first-order chi connectivity index (χ1) is 13.6. The SMILES string of the molecule is COc1cc(C)ccc1C[C@H]1CCCN1c1cc(N2CCOCC2)cc(=O)[nH]1. The normalized spacial score (nSPS) is 19.9. The molecule has 1 aromatic heterocycles. The van der Waals surface area contributed by atoms with Gasteiger partial charge in [-0.25, -0.2) is 0 Å². The van der Waals surface area contributed by atoms with E-state index in [0.717, 1.165) is 56.2 Å². The van der Waals surface area contributed by atoms with Crippen LogP contribution < -0.4 is 20.1 Å². The van der Waals surface area contributed by atoms with Gasteiger partial charge < -0.3 is 24.3 Å². The summed E-state index contributed by atoms with van der Waals surface area (Å²) >= 11 is 0. The van der Waals surface area contributed by atoms with Gasteiger partial charge in [-0.15, -0.1) is 0 Å². The molecule has 2 aromatic rings. The van der Waals surface area contributed by atoms with E-state index in [1.807, 2.05) is 0 Å². The molecule has 2 aliphatic heterocycles. The number of nitrogens with one attached hydrogen (secondary N) is 1. The van der Waals surface area contributed by atoms with Gasteiger partial charge in [-0.3, -0.25) is 4.79 Å². The van der Waals surface area contributed by atoms with Crippen molar-refractivity contribution in [1.29, 1.82) is 0 Å². The fourth-order valence-electron chi connectivity index (χ4n) is 4.31. The molecule has 0 bridgehead atoms. The van der Waals surface area contributed by atoms with Gasteiger partial charge in [-0.05, 0) is 43.4 Å². The van der Waals surface area contributed by atoms with Crippen LogP contribution >= 0.6 is 0 Å². The van der Waals surface area contributed by atoms with Gasteiger partial charge in [0.2, 0.25) is 0 Å². The number of aromatic nitrogens is 1. The third-order valence-corrected chi connectivity index (χ3v) is 5.78. The van der Waals surface area contributed by atoms with Gasteiger partial charge in [-0.1, -0.05) is 12.1 Å². The van der Waals surface area contributed by atoms with Crippen molar-refractivity contribution < 1.29 is 9.47 Å². The van der Waals surface area contributed by atoms with Crippen LogP contribution in [0.5, 0.6) is 5.75 Å². The van der Waals surface area contributed by atoms with Crippen LogP contribution in [0.4, 0.5) is 11.5 Å². The summed E-state index contributed by atoms with van der Waals surface area (Å²) in [7, 11) is 1.73. The van der Waals surface area contributed by atoms with Crippen LogP contribution in [0.3, 0.4) is 0 Å². The van der Waals surface area contributed by atoms with E-state index in [9.17, 15) is 4.79 Å². The Morgan fingerprint density at radius 1 is 1.18 bits per heavy atom. The number of nitrogens with zero attached hydrogens (tertiary/aromatic N) is 2. The molecule has 0 amide bonds. The van der Waals surface area contributed by atoms with Crippen LogP contribution in [-0.2, 0) is 11.2 Å². The Kier molecular flexibility index (Phi) is 5.57. The summed E-state index contributed by atoms with van der Waals surface area (Å²) in [6, 6.07) is 10.6. The standard InChI is InChI=1S/C22H29N3O3/c1-16-5-6-17(20(12-16)27-2)13-18-4-3-7-25(18)21-14-19(15-22(26)23-21)24-8-10-28-11-9-24/h5-6,12,14-15,18H,3-4,7-11,13H2,1-2H3,(H,23,26)/t18-/m1/s1. The van der Waals surface area contributed by atoms with Crippen molar-refractivity contribution in [3.8, 4) is 5.75 Å². The van der Waals surface area contributed by atoms with Crippen molar-refractivity contribution in [2.45, 2.75) is 32.2 Å². The molecule has 3 heterocycles. The number of H-pyrrole nitrogens is 1. The van der Waals surface area contributed by atoms with E-state index in [-0.39, 0.29) is 5.56 Å². The molecule has 1 N–H and O–H groups in total. The lowest BCUT2D eigenvalue weighted by molar-refractivity contribution is 0.122. The van der Waals surface area contributed by atoms with Crippen molar-refractivity contribution in [1.82, 2.24) is 4.98 Å². The number of aromatic amines is 1. The minimum absolute atomic E-state index is 0.0439. The molecule has 1 atom stereocenters. The maximum Gasteiger partial charge on any atom is 0.251 e. The van der Waals surface area contributed by atoms with Crippen molar-refractivity contribution in [3.63, 3.8) is 0 Å². The predicted octanol–water partition coefficient (Wildman–Crippen LogP) is 2.74. The average Bonchev–Trinajstić information content (AvgIpc) is 3.18. The fraction of sp³-hybridized carbons (Fsp3) is 0.500. The number of rotatable bonds is 5. The lowest BCUT2D eigenvalue weighted by Crippen LogP contribution is -2.38. The van der Waals surface area contributed by atoms with Gasteiger partial charge in [0, 0.05) is 43.5 Å². The largest absolute Gasteiger partial charge is 0.496 e. The lowest BCUT2D eigenvalue weighted by Gasteiger charge is -2.31. The highest BCUT2D eigenvalue weighted by Gasteiger charge is 2.27. The minimum atomic E-state index is -0.0439. The van der Waals surface area contributed by atoms with E-state index >= 15 is 0 Å². The smallest absolute Gasteiger partial charge is 0.251 e. The molecule has 1 aromatic carbocycles. The fourth-order valence-corrected chi connectivity index (χ4v) is 4.31. The molecular formula is C22H29N3O3. The molecule has 4 rings (SSSR count). The maximum atomic E-state index is 12.4. The van der Waals surface area contributed by atoms with Crippen LogP contribution in [0, 0.1) is 6.92 Å². The van der Waals surface area contributed by atoms with E-state index in [0.29, 0.717) is 19.3 Å². The first-order valence-electron chi connectivity index (χ1n) is 10.1. The quantitative estimate of drug-likeness (QED) is 0.860. The highest BCUT2D eigenvalue weighted by molar-refractivity contribution is 5.56. The Labute approximate surface area is 166 Å². The Morgan fingerprint density at radius 3 is 2.79 bits per heavy atom. The summed E-state index contributed by atoms with van der Waals surface area (Å²) in [5.74, 6) is 1.87. The van der Waals surface area contributed by atoms with Crippen molar-refractivity contribution in [3.05, 3.63) is 51.8 Å². The van der Waals surface area contributed by atoms with Crippen LogP contribution in [0.25, 0.3) is 0 Å². The molecule has 0 spiro atoms. The third kappa shape index (κ3) is 4.02. The second-order valence-electron chi connectivity index (χ2n) is 7.70. The van der Waals surface area contributed by atoms with Gasteiger partial charge in [-0.2, -0.15) is 0 Å². The molecule has 0 saturated carbocycles. The molecule has 0 radical (unpaired) electrons. The number of benzene rings is 1. The monoisotopic (exact) mass is 383 g/mol. The summed E-state index contributed by atoms with van der Waals surface area (Å²) < 4.78 is 11.0. The maximum absolute atomic E-state index is 12.4. The Bertz CT molecular complexity index is 874. The molecule has 2 fully saturated rings. The molecular weight excluding hydrogens is 354 g/mol. The van der Waals surface area contributed by atoms with Crippen molar-refractivity contribution in [2.24, 2.45) is 0 Å². The molecule has 0 aliphatic carbocycles. The summed E-state index contributed by atoms with van der Waals surface area (Å²) in [4.78, 5) is 20.0. The number of pyridine rings is 1. The van der Waals surface area contributed by atoms with E-state index in [2.05, 4.69) is 46.0 Å². The summed E-state index contributed by atoms with van der Waals surface area (Å²) in [6.07, 6.45) is 3.15. The Morgan fingerprint density at radius 2 is 2.00 bits per heavy atom. The highest BCUT2D eigenvalue weighted by atomic mass is 16.5. The first kappa shape index (κ1) is 18.9. The lowest BCUT2D eigenvalue weighted by atomic mass is 10.0. The summed E-state index contributed by atoms with van der Waals surface area (Å²) in [5.41, 5.74) is 3.36. The number of anilines is 2. The van der Waals surface area contributed by atoms with Gasteiger partial charge in [0.1, 0.15) is 11.6 Å². The van der Waals surface area contributed by atoms with Gasteiger partial charge in [0.05, 0.1) is 20.3 Å². The van der Waals surface area contributed by atoms with Gasteiger partial charge in [0.25, 0.3) is 5.56 Å². The van der Waals surface area contributed by atoms with Gasteiger partial charge in [0.15, 0.2) is 0 Å². The van der Waals surface area contributed by atoms with Crippen LogP contribution in [-0.4, -0.2) is 51.0 Å². The summed E-state index contributed by atoms with van der Waals surface area (Å²) in [6.45, 7) is 6.11. The van der Waals surface area contributed by atoms with Crippen molar-refractivity contribution in [2.75, 3.05) is 49.8 Å². The second kappa shape index (κ2) is 8.27.